The van der Waals surface area contributed by atoms with E-state index in [1.165, 1.54) is 6.08 Å². The molecule has 208 valence electrons. The molecule has 4 aromatic rings. The Kier molecular flexibility index (Phi) is 10.4. The van der Waals surface area contributed by atoms with Crippen LogP contribution in [0.5, 0.6) is 23.0 Å². The second-order valence-electron chi connectivity index (χ2n) is 8.93. The summed E-state index contributed by atoms with van der Waals surface area (Å²) < 4.78 is 23.2. The van der Waals surface area contributed by atoms with Gasteiger partial charge >= 0.3 is 0 Å². The predicted molar refractivity (Wildman–Crippen MR) is 159 cm³/mol. The van der Waals surface area contributed by atoms with E-state index in [1.807, 2.05) is 68.4 Å². The third kappa shape index (κ3) is 8.64. The summed E-state index contributed by atoms with van der Waals surface area (Å²) in [6.07, 6.45) is 1.54. The van der Waals surface area contributed by atoms with Crippen LogP contribution in [0.15, 0.2) is 103 Å². The molecular weight excluding hydrogens is 516 g/mol. The van der Waals surface area contributed by atoms with Gasteiger partial charge in [0.05, 0.1) is 13.2 Å². The van der Waals surface area contributed by atoms with Crippen molar-refractivity contribution in [2.24, 2.45) is 0 Å². The molecule has 0 bridgehead atoms. The van der Waals surface area contributed by atoms with Crippen LogP contribution in [0.25, 0.3) is 6.08 Å². The number of hydrogen-bond acceptors (Lipinski definition) is 6. The normalized spacial score (nSPS) is 10.8. The van der Waals surface area contributed by atoms with Crippen LogP contribution in [0, 0.1) is 11.3 Å². The Balaban J connectivity index is 1.34. The molecule has 7 heteroatoms. The Hall–Kier alpha value is -5.22. The molecule has 0 radical (unpaired) electrons. The van der Waals surface area contributed by atoms with Gasteiger partial charge < -0.3 is 24.3 Å². The summed E-state index contributed by atoms with van der Waals surface area (Å²) in [5.41, 5.74) is 3.28. The van der Waals surface area contributed by atoms with Crippen molar-refractivity contribution in [1.82, 2.24) is 0 Å². The molecule has 0 spiro atoms. The Morgan fingerprint density at radius 3 is 2.07 bits per heavy atom. The van der Waals surface area contributed by atoms with Gasteiger partial charge in [-0.1, -0.05) is 48.5 Å². The van der Waals surface area contributed by atoms with Crippen molar-refractivity contribution in [2.75, 3.05) is 18.5 Å². The molecule has 0 aliphatic carbocycles. The highest BCUT2D eigenvalue weighted by atomic mass is 16.5. The number of anilines is 1. The third-order valence-corrected chi connectivity index (χ3v) is 5.93. The number of carbonyl (C=O) groups is 1. The summed E-state index contributed by atoms with van der Waals surface area (Å²) >= 11 is 0. The maximum absolute atomic E-state index is 12.6. The summed E-state index contributed by atoms with van der Waals surface area (Å²) in [7, 11) is 0. The van der Waals surface area contributed by atoms with E-state index in [2.05, 4.69) is 5.32 Å². The van der Waals surface area contributed by atoms with Gasteiger partial charge in [0.2, 0.25) is 0 Å². The Bertz CT molecular complexity index is 1490. The van der Waals surface area contributed by atoms with Gasteiger partial charge in [-0.15, -0.1) is 0 Å². The zero-order valence-corrected chi connectivity index (χ0v) is 23.1. The molecule has 4 rings (SSSR count). The lowest BCUT2D eigenvalue weighted by Crippen LogP contribution is -2.13. The number of rotatable bonds is 13. The molecule has 0 saturated carbocycles. The van der Waals surface area contributed by atoms with E-state index in [0.29, 0.717) is 60.7 Å². The van der Waals surface area contributed by atoms with E-state index in [4.69, 9.17) is 18.9 Å². The average Bonchev–Trinajstić information content (AvgIpc) is 3.00. The van der Waals surface area contributed by atoms with Crippen LogP contribution < -0.4 is 24.3 Å². The van der Waals surface area contributed by atoms with Gasteiger partial charge in [0.25, 0.3) is 5.91 Å². The minimum absolute atomic E-state index is 0.00872. The summed E-state index contributed by atoms with van der Waals surface area (Å²) in [5, 5.41) is 12.3. The minimum atomic E-state index is -0.488. The van der Waals surface area contributed by atoms with E-state index in [9.17, 15) is 10.1 Å². The molecule has 0 heterocycles. The molecule has 1 N–H and O–H groups in total. The SMILES string of the molecule is CCOc1ccc(NC(=O)/C(C#N)=C/c2ccc(OCc3ccc(OCc4ccccc4)c(OCC)c3)cc2)cc1. The number of nitriles is 1. The number of carbonyl (C=O) groups excluding carboxylic acids is 1. The maximum Gasteiger partial charge on any atom is 0.266 e. The van der Waals surface area contributed by atoms with Gasteiger partial charge in [0.15, 0.2) is 11.5 Å². The Labute approximate surface area is 240 Å². The number of amides is 1. The zero-order valence-electron chi connectivity index (χ0n) is 23.1. The highest BCUT2D eigenvalue weighted by Crippen LogP contribution is 2.30. The van der Waals surface area contributed by atoms with E-state index in [-0.39, 0.29) is 5.57 Å². The van der Waals surface area contributed by atoms with Crippen LogP contribution >= 0.6 is 0 Å². The molecule has 1 amide bonds. The Morgan fingerprint density at radius 2 is 1.39 bits per heavy atom. The van der Waals surface area contributed by atoms with Gasteiger partial charge in [0.1, 0.15) is 36.4 Å². The lowest BCUT2D eigenvalue weighted by molar-refractivity contribution is -0.112. The van der Waals surface area contributed by atoms with Gasteiger partial charge in [-0.25, -0.2) is 0 Å². The fraction of sp³-hybridized carbons (Fsp3) is 0.176. The summed E-state index contributed by atoms with van der Waals surface area (Å²) in [4.78, 5) is 12.6. The van der Waals surface area contributed by atoms with Crippen molar-refractivity contribution in [3.05, 3.63) is 119 Å². The molecule has 0 aliphatic heterocycles. The van der Waals surface area contributed by atoms with Crippen LogP contribution in [0.4, 0.5) is 5.69 Å². The summed E-state index contributed by atoms with van der Waals surface area (Å²) in [6, 6.07) is 31.9. The number of hydrogen-bond donors (Lipinski definition) is 1. The first-order chi connectivity index (χ1) is 20.1. The van der Waals surface area contributed by atoms with E-state index in [0.717, 1.165) is 11.1 Å². The molecule has 41 heavy (non-hydrogen) atoms. The number of nitrogens with one attached hydrogen (secondary N) is 1. The van der Waals surface area contributed by atoms with Crippen molar-refractivity contribution >= 4 is 17.7 Å². The lowest BCUT2D eigenvalue weighted by atomic mass is 10.1. The molecule has 0 fully saturated rings. The van der Waals surface area contributed by atoms with Crippen LogP contribution in [0.1, 0.15) is 30.5 Å². The van der Waals surface area contributed by atoms with Crippen LogP contribution in [-0.4, -0.2) is 19.1 Å². The first-order valence-corrected chi connectivity index (χ1v) is 13.4. The second kappa shape index (κ2) is 14.8. The number of nitrogens with zero attached hydrogens (tertiary/aromatic N) is 1. The highest BCUT2D eigenvalue weighted by Gasteiger charge is 2.11. The van der Waals surface area contributed by atoms with Crippen LogP contribution in [0.3, 0.4) is 0 Å². The van der Waals surface area contributed by atoms with Gasteiger partial charge in [0, 0.05) is 5.69 Å². The first kappa shape index (κ1) is 28.8. The molecule has 0 saturated heterocycles. The van der Waals surface area contributed by atoms with Gasteiger partial charge in [-0.05, 0) is 85.1 Å². The number of ether oxygens (including phenoxy) is 4. The predicted octanol–water partition coefficient (Wildman–Crippen LogP) is 7.19. The monoisotopic (exact) mass is 548 g/mol. The largest absolute Gasteiger partial charge is 0.494 e. The van der Waals surface area contributed by atoms with Crippen LogP contribution in [-0.2, 0) is 18.0 Å². The fourth-order valence-corrected chi connectivity index (χ4v) is 3.91. The minimum Gasteiger partial charge on any atom is -0.494 e. The molecule has 0 atom stereocenters. The van der Waals surface area contributed by atoms with E-state index < -0.39 is 5.91 Å². The second-order valence-corrected chi connectivity index (χ2v) is 8.93. The highest BCUT2D eigenvalue weighted by molar-refractivity contribution is 6.09. The quantitative estimate of drug-likeness (QED) is 0.141. The maximum atomic E-state index is 12.6. The van der Waals surface area contributed by atoms with Crippen molar-refractivity contribution in [3.8, 4) is 29.1 Å². The van der Waals surface area contributed by atoms with Gasteiger partial charge in [-0.3, -0.25) is 4.79 Å². The molecule has 0 unspecified atom stereocenters. The first-order valence-electron chi connectivity index (χ1n) is 13.4. The standard InChI is InChI=1S/C34H32N2O5/c1-3-38-30-17-13-29(14-18-30)36-34(37)28(22-35)20-25-10-15-31(16-11-25)40-24-27-12-19-32(33(21-27)39-4-2)41-23-26-8-6-5-7-9-26/h5-21H,3-4,23-24H2,1-2H3,(H,36,37)/b28-20+. The number of benzene rings is 4. The molecular formula is C34H32N2O5. The average molecular weight is 549 g/mol. The summed E-state index contributed by atoms with van der Waals surface area (Å²) in [5.74, 6) is 2.22. The smallest absolute Gasteiger partial charge is 0.266 e. The van der Waals surface area contributed by atoms with E-state index in [1.54, 1.807) is 48.5 Å². The van der Waals surface area contributed by atoms with Crippen molar-refractivity contribution < 1.29 is 23.7 Å². The van der Waals surface area contributed by atoms with E-state index >= 15 is 0 Å². The topological polar surface area (TPSA) is 89.8 Å². The lowest BCUT2D eigenvalue weighted by Gasteiger charge is -2.14. The van der Waals surface area contributed by atoms with Crippen molar-refractivity contribution in [1.29, 1.82) is 5.26 Å². The third-order valence-electron chi connectivity index (χ3n) is 5.93. The molecule has 4 aromatic carbocycles. The molecule has 0 aliphatic rings. The zero-order chi connectivity index (χ0) is 28.9. The molecule has 0 aromatic heterocycles. The molecule has 7 nitrogen and oxygen atoms in total. The summed E-state index contributed by atoms with van der Waals surface area (Å²) in [6.45, 7) is 5.70. The van der Waals surface area contributed by atoms with Crippen LogP contribution in [0.2, 0.25) is 0 Å². The Morgan fingerprint density at radius 1 is 0.732 bits per heavy atom. The van der Waals surface area contributed by atoms with Crippen molar-refractivity contribution in [2.45, 2.75) is 27.1 Å². The fourth-order valence-electron chi connectivity index (χ4n) is 3.91. The van der Waals surface area contributed by atoms with Crippen molar-refractivity contribution in [3.63, 3.8) is 0 Å². The van der Waals surface area contributed by atoms with Gasteiger partial charge in [-0.2, -0.15) is 5.26 Å².